The number of aryl methyl sites for hydroxylation is 1. The molecule has 1 aliphatic heterocycles. The molecule has 0 radical (unpaired) electrons. The number of ketones is 1. The molecular formula is C26H26ClFN2O2. The fourth-order valence-corrected chi connectivity index (χ4v) is 4.54. The van der Waals surface area contributed by atoms with E-state index < -0.39 is 0 Å². The predicted molar refractivity (Wildman–Crippen MR) is 125 cm³/mol. The molecule has 4 rings (SSSR count). The molecule has 1 aliphatic rings. The number of rotatable bonds is 8. The van der Waals surface area contributed by atoms with E-state index in [1.165, 1.54) is 12.3 Å². The number of nitrogens with zero attached hydrogens (tertiary/aromatic N) is 2. The van der Waals surface area contributed by atoms with Gasteiger partial charge in [0.25, 0.3) is 0 Å². The summed E-state index contributed by atoms with van der Waals surface area (Å²) in [6, 6.07) is 15.9. The minimum atomic E-state index is -0.311. The lowest BCUT2D eigenvalue weighted by Gasteiger charge is -2.23. The van der Waals surface area contributed by atoms with Crippen LogP contribution in [-0.4, -0.2) is 35.6 Å². The van der Waals surface area contributed by atoms with Gasteiger partial charge in [-0.3, -0.25) is 9.78 Å². The van der Waals surface area contributed by atoms with E-state index in [1.54, 1.807) is 30.3 Å². The zero-order chi connectivity index (χ0) is 22.5. The van der Waals surface area contributed by atoms with Crippen molar-refractivity contribution in [3.63, 3.8) is 0 Å². The van der Waals surface area contributed by atoms with E-state index in [0.29, 0.717) is 28.5 Å². The highest BCUT2D eigenvalue weighted by Crippen LogP contribution is 2.31. The Bertz CT molecular complexity index is 1090. The fraction of sp³-hybridized carbons (Fsp3) is 0.308. The Morgan fingerprint density at radius 2 is 1.97 bits per heavy atom. The Kier molecular flexibility index (Phi) is 7.18. The molecule has 0 saturated carbocycles. The average molecular weight is 453 g/mol. The first-order valence-electron chi connectivity index (χ1n) is 10.9. The highest BCUT2D eigenvalue weighted by atomic mass is 35.5. The predicted octanol–water partition coefficient (Wildman–Crippen LogP) is 5.10. The second kappa shape index (κ2) is 10.2. The molecule has 166 valence electrons. The van der Waals surface area contributed by atoms with E-state index in [4.69, 9.17) is 11.6 Å². The van der Waals surface area contributed by atoms with Crippen LogP contribution < -0.4 is 4.90 Å². The SMILES string of the molecule is O=C(c1cccc(Cl)c1)c1ccc(N2CCC(CCc3ccc(F)cn3)C2)c(CCO)c1. The third-order valence-corrected chi connectivity index (χ3v) is 6.27. The molecule has 32 heavy (non-hydrogen) atoms. The van der Waals surface area contributed by atoms with Crippen LogP contribution in [-0.2, 0) is 12.8 Å². The molecule has 1 N–H and O–H groups in total. The third kappa shape index (κ3) is 5.34. The van der Waals surface area contributed by atoms with Crippen LogP contribution in [0.1, 0.15) is 40.0 Å². The number of carbonyl (C=O) groups is 1. The topological polar surface area (TPSA) is 53.4 Å². The highest BCUT2D eigenvalue weighted by molar-refractivity contribution is 6.31. The summed E-state index contributed by atoms with van der Waals surface area (Å²) in [7, 11) is 0. The fourth-order valence-electron chi connectivity index (χ4n) is 4.35. The van der Waals surface area contributed by atoms with Crippen molar-refractivity contribution in [2.75, 3.05) is 24.6 Å². The second-order valence-electron chi connectivity index (χ2n) is 8.26. The van der Waals surface area contributed by atoms with Crippen LogP contribution >= 0.6 is 11.6 Å². The van der Waals surface area contributed by atoms with Crippen molar-refractivity contribution in [2.45, 2.75) is 25.7 Å². The van der Waals surface area contributed by atoms with Gasteiger partial charge >= 0.3 is 0 Å². The molecule has 1 saturated heterocycles. The van der Waals surface area contributed by atoms with Crippen LogP contribution in [0.25, 0.3) is 0 Å². The van der Waals surface area contributed by atoms with Gasteiger partial charge in [-0.15, -0.1) is 0 Å². The minimum Gasteiger partial charge on any atom is -0.396 e. The summed E-state index contributed by atoms with van der Waals surface area (Å²) >= 11 is 6.04. The Morgan fingerprint density at radius 3 is 2.72 bits per heavy atom. The molecule has 3 aromatic rings. The van der Waals surface area contributed by atoms with Crippen molar-refractivity contribution in [2.24, 2.45) is 5.92 Å². The van der Waals surface area contributed by atoms with Crippen molar-refractivity contribution in [3.05, 3.63) is 94.0 Å². The van der Waals surface area contributed by atoms with Crippen LogP contribution in [0.5, 0.6) is 0 Å². The second-order valence-corrected chi connectivity index (χ2v) is 8.70. The van der Waals surface area contributed by atoms with E-state index >= 15 is 0 Å². The molecule has 0 aliphatic carbocycles. The lowest BCUT2D eigenvalue weighted by Crippen LogP contribution is -2.22. The molecule has 2 heterocycles. The maximum Gasteiger partial charge on any atom is 0.193 e. The monoisotopic (exact) mass is 452 g/mol. The minimum absolute atomic E-state index is 0.0231. The number of carbonyl (C=O) groups excluding carboxylic acids is 1. The average Bonchev–Trinajstić information content (AvgIpc) is 3.27. The van der Waals surface area contributed by atoms with Crippen molar-refractivity contribution in [1.29, 1.82) is 0 Å². The van der Waals surface area contributed by atoms with Crippen molar-refractivity contribution < 1.29 is 14.3 Å². The van der Waals surface area contributed by atoms with Crippen LogP contribution in [0.4, 0.5) is 10.1 Å². The van der Waals surface area contributed by atoms with E-state index in [9.17, 15) is 14.3 Å². The molecule has 0 amide bonds. The summed E-state index contributed by atoms with van der Waals surface area (Å²) in [4.78, 5) is 19.4. The number of anilines is 1. The first-order chi connectivity index (χ1) is 15.5. The van der Waals surface area contributed by atoms with Crippen LogP contribution in [0.15, 0.2) is 60.8 Å². The number of pyridine rings is 1. The van der Waals surface area contributed by atoms with Gasteiger partial charge in [-0.1, -0.05) is 23.7 Å². The van der Waals surface area contributed by atoms with Crippen LogP contribution in [0, 0.1) is 11.7 Å². The molecule has 0 bridgehead atoms. The summed E-state index contributed by atoms with van der Waals surface area (Å²) in [5.41, 5.74) is 4.11. The lowest BCUT2D eigenvalue weighted by molar-refractivity contribution is 0.103. The maximum atomic E-state index is 13.0. The lowest BCUT2D eigenvalue weighted by atomic mass is 9.98. The van der Waals surface area contributed by atoms with Gasteiger partial charge in [0.15, 0.2) is 5.78 Å². The van der Waals surface area contributed by atoms with Crippen molar-refractivity contribution in [1.82, 2.24) is 4.98 Å². The Hall–Kier alpha value is -2.76. The number of benzene rings is 2. The highest BCUT2D eigenvalue weighted by Gasteiger charge is 2.25. The molecule has 1 aromatic heterocycles. The van der Waals surface area contributed by atoms with Gasteiger partial charge in [-0.05, 0) is 79.6 Å². The summed E-state index contributed by atoms with van der Waals surface area (Å²) in [6.07, 6.45) is 4.66. The number of hydrogen-bond acceptors (Lipinski definition) is 4. The smallest absolute Gasteiger partial charge is 0.193 e. The van der Waals surface area contributed by atoms with Gasteiger partial charge < -0.3 is 10.0 Å². The quantitative estimate of drug-likeness (QED) is 0.483. The summed E-state index contributed by atoms with van der Waals surface area (Å²) < 4.78 is 13.0. The van der Waals surface area contributed by atoms with Gasteiger partial charge in [0.2, 0.25) is 0 Å². The zero-order valence-corrected chi connectivity index (χ0v) is 18.6. The first kappa shape index (κ1) is 22.4. The molecule has 1 unspecified atom stereocenters. The van der Waals surface area contributed by atoms with Crippen molar-refractivity contribution >= 4 is 23.1 Å². The van der Waals surface area contributed by atoms with Gasteiger partial charge in [0.05, 0.1) is 6.20 Å². The van der Waals surface area contributed by atoms with Crippen LogP contribution in [0.2, 0.25) is 5.02 Å². The normalized spacial score (nSPS) is 15.8. The molecule has 0 spiro atoms. The Morgan fingerprint density at radius 1 is 1.12 bits per heavy atom. The number of halogens is 2. The number of hydrogen-bond donors (Lipinski definition) is 1. The Labute approximate surface area is 192 Å². The molecule has 2 aromatic carbocycles. The first-order valence-corrected chi connectivity index (χ1v) is 11.3. The number of aliphatic hydroxyl groups is 1. The summed E-state index contributed by atoms with van der Waals surface area (Å²) in [5, 5.41) is 10.1. The van der Waals surface area contributed by atoms with E-state index in [2.05, 4.69) is 9.88 Å². The molecular weight excluding hydrogens is 427 g/mol. The number of aliphatic hydroxyl groups excluding tert-OH is 1. The largest absolute Gasteiger partial charge is 0.396 e. The third-order valence-electron chi connectivity index (χ3n) is 6.03. The molecule has 1 fully saturated rings. The van der Waals surface area contributed by atoms with Crippen molar-refractivity contribution in [3.8, 4) is 0 Å². The van der Waals surface area contributed by atoms with Gasteiger partial charge in [0, 0.05) is 47.2 Å². The van der Waals surface area contributed by atoms with E-state index in [0.717, 1.165) is 49.3 Å². The summed E-state index contributed by atoms with van der Waals surface area (Å²) in [6.45, 7) is 1.87. The standard InChI is InChI=1S/C26H26ClFN2O2/c27-22-3-1-2-20(15-22)26(32)21-5-9-25(19(14-21)11-13-31)30-12-10-18(17-30)4-7-24-8-6-23(28)16-29-24/h1-3,5-6,8-9,14-16,18,31H,4,7,10-13,17H2. The van der Waals surface area contributed by atoms with Crippen LogP contribution in [0.3, 0.4) is 0 Å². The summed E-state index contributed by atoms with van der Waals surface area (Å²) in [5.74, 6) is 0.135. The Balaban J connectivity index is 1.46. The molecule has 1 atom stereocenters. The molecule has 4 nitrogen and oxygen atoms in total. The van der Waals surface area contributed by atoms with E-state index in [-0.39, 0.29) is 18.2 Å². The zero-order valence-electron chi connectivity index (χ0n) is 17.8. The number of aromatic nitrogens is 1. The van der Waals surface area contributed by atoms with E-state index in [1.807, 2.05) is 18.2 Å². The van der Waals surface area contributed by atoms with Gasteiger partial charge in [0.1, 0.15) is 5.82 Å². The maximum absolute atomic E-state index is 13.0. The molecule has 6 heteroatoms. The van der Waals surface area contributed by atoms with Gasteiger partial charge in [-0.25, -0.2) is 4.39 Å². The van der Waals surface area contributed by atoms with Gasteiger partial charge in [-0.2, -0.15) is 0 Å².